The Bertz CT molecular complexity index is 620. The Morgan fingerprint density at radius 1 is 1.24 bits per heavy atom. The molecule has 0 radical (unpaired) electrons. The highest BCUT2D eigenvalue weighted by Crippen LogP contribution is 2.24. The van der Waals surface area contributed by atoms with E-state index in [1.165, 1.54) is 0 Å². The van der Waals surface area contributed by atoms with Gasteiger partial charge in [-0.15, -0.1) is 5.10 Å². The van der Waals surface area contributed by atoms with Gasteiger partial charge in [0.1, 0.15) is 0 Å². The Morgan fingerprint density at radius 3 is 2.60 bits per heavy atom. The highest BCUT2D eigenvalue weighted by Gasteiger charge is 2.30. The lowest BCUT2D eigenvalue weighted by Gasteiger charge is -2.32. The van der Waals surface area contributed by atoms with Crippen LogP contribution in [0.3, 0.4) is 0 Å². The second-order valence-corrected chi connectivity index (χ2v) is 7.43. The van der Waals surface area contributed by atoms with Gasteiger partial charge in [0, 0.05) is 25.6 Å². The van der Waals surface area contributed by atoms with Crippen molar-refractivity contribution in [3.8, 4) is 0 Å². The van der Waals surface area contributed by atoms with Gasteiger partial charge in [0.15, 0.2) is 0 Å². The lowest BCUT2D eigenvalue weighted by molar-refractivity contribution is -0.135. The maximum absolute atomic E-state index is 12.1. The van der Waals surface area contributed by atoms with Crippen LogP contribution in [0.15, 0.2) is 6.20 Å². The Kier molecular flexibility index (Phi) is 5.36. The number of rotatable bonds is 5. The zero-order valence-corrected chi connectivity index (χ0v) is 15.1. The molecular weight excluding hydrogens is 320 g/mol. The zero-order chi connectivity index (χ0) is 18.0. The molecule has 2 N–H and O–H groups in total. The summed E-state index contributed by atoms with van der Waals surface area (Å²) in [6.45, 7) is 6.90. The zero-order valence-electron chi connectivity index (χ0n) is 15.1. The number of carbonyl (C=O) groups excluding carboxylic acids is 2. The van der Waals surface area contributed by atoms with E-state index >= 15 is 0 Å². The number of nitrogens with zero attached hydrogens (tertiary/aromatic N) is 5. The van der Waals surface area contributed by atoms with E-state index in [0.717, 1.165) is 51.0 Å². The topological polar surface area (TPSA) is 97.3 Å². The molecule has 2 aliphatic rings. The van der Waals surface area contributed by atoms with E-state index < -0.39 is 0 Å². The number of aromatic nitrogens is 3. The van der Waals surface area contributed by atoms with E-state index in [4.69, 9.17) is 5.73 Å². The van der Waals surface area contributed by atoms with Crippen molar-refractivity contribution in [2.24, 2.45) is 11.7 Å². The third kappa shape index (κ3) is 4.00. The summed E-state index contributed by atoms with van der Waals surface area (Å²) in [7, 11) is 0. The summed E-state index contributed by atoms with van der Waals surface area (Å²) in [5.41, 5.74) is 6.34. The molecule has 2 fully saturated rings. The Balaban J connectivity index is 1.56. The monoisotopic (exact) mass is 348 g/mol. The molecular formula is C17H28N6O2. The van der Waals surface area contributed by atoms with Gasteiger partial charge in [-0.1, -0.05) is 19.1 Å². The minimum atomic E-state index is -0.257. The second-order valence-electron chi connectivity index (χ2n) is 7.43. The van der Waals surface area contributed by atoms with Crippen LogP contribution < -0.4 is 5.73 Å². The van der Waals surface area contributed by atoms with Crippen molar-refractivity contribution in [2.75, 3.05) is 19.6 Å². The molecule has 3 heterocycles. The van der Waals surface area contributed by atoms with Crippen LogP contribution in [0.2, 0.25) is 0 Å². The third-order valence-electron chi connectivity index (χ3n) is 5.26. The molecule has 1 atom stereocenters. The Labute approximate surface area is 148 Å². The normalized spacial score (nSPS) is 22.7. The molecule has 0 spiro atoms. The quantitative estimate of drug-likeness (QED) is 0.838. The highest BCUT2D eigenvalue weighted by atomic mass is 16.2. The minimum absolute atomic E-state index is 0.0492. The second kappa shape index (κ2) is 7.51. The Hall–Kier alpha value is -1.96. The number of nitrogens with two attached hydrogens (primary N) is 1. The molecule has 0 aliphatic carbocycles. The number of piperidine rings is 1. The number of likely N-dealkylation sites (tertiary alicyclic amines) is 2. The number of carbonyl (C=O) groups is 2. The van der Waals surface area contributed by atoms with Crippen LogP contribution in [0.1, 0.15) is 51.3 Å². The predicted octanol–water partition coefficient (Wildman–Crippen LogP) is 0.547. The van der Waals surface area contributed by atoms with Crippen LogP contribution in [0.4, 0.5) is 0 Å². The average Bonchev–Trinajstić information content (AvgIpc) is 3.24. The van der Waals surface area contributed by atoms with Crippen LogP contribution >= 0.6 is 0 Å². The van der Waals surface area contributed by atoms with Crippen molar-refractivity contribution in [2.45, 2.75) is 58.2 Å². The first-order valence-electron chi connectivity index (χ1n) is 9.18. The molecule has 0 bridgehead atoms. The standard InChI is InChI=1S/C17H28N6O2/c1-12(2)17(25)21-8-5-14(6-9-21)23-11-13(19-20-23)10-22-7-3-4-15(22)16(18)24/h11-12,14-15H,3-10H2,1-2H3,(H2,18,24)/t15-/m0/s1. The first kappa shape index (κ1) is 17.8. The fourth-order valence-corrected chi connectivity index (χ4v) is 3.83. The summed E-state index contributed by atoms with van der Waals surface area (Å²) in [6, 6.07) is 0.0958. The van der Waals surface area contributed by atoms with E-state index in [9.17, 15) is 9.59 Å². The van der Waals surface area contributed by atoms with E-state index in [-0.39, 0.29) is 29.8 Å². The van der Waals surface area contributed by atoms with Gasteiger partial charge in [0.2, 0.25) is 11.8 Å². The van der Waals surface area contributed by atoms with Crippen LogP contribution in [0, 0.1) is 5.92 Å². The van der Waals surface area contributed by atoms with Crippen LogP contribution in [0.25, 0.3) is 0 Å². The summed E-state index contributed by atoms with van der Waals surface area (Å²) in [4.78, 5) is 27.6. The third-order valence-corrected chi connectivity index (χ3v) is 5.26. The van der Waals surface area contributed by atoms with Gasteiger partial charge in [-0.3, -0.25) is 14.5 Å². The van der Waals surface area contributed by atoms with E-state index in [1.54, 1.807) is 0 Å². The highest BCUT2D eigenvalue weighted by molar-refractivity contribution is 5.80. The molecule has 25 heavy (non-hydrogen) atoms. The molecule has 138 valence electrons. The SMILES string of the molecule is CC(C)C(=O)N1CCC(n2cc(CN3CCC[C@H]3C(N)=O)nn2)CC1. The van der Waals surface area contributed by atoms with Gasteiger partial charge in [-0.2, -0.15) is 0 Å². The number of primary amides is 1. The molecule has 8 nitrogen and oxygen atoms in total. The fraction of sp³-hybridized carbons (Fsp3) is 0.765. The molecule has 2 amide bonds. The van der Waals surface area contributed by atoms with Crippen molar-refractivity contribution in [1.29, 1.82) is 0 Å². The molecule has 1 aromatic rings. The summed E-state index contributed by atoms with van der Waals surface area (Å²) in [6.07, 6.45) is 5.58. The smallest absolute Gasteiger partial charge is 0.234 e. The van der Waals surface area contributed by atoms with Crippen molar-refractivity contribution in [3.63, 3.8) is 0 Å². The molecule has 2 aliphatic heterocycles. The number of hydrogen-bond donors (Lipinski definition) is 1. The van der Waals surface area contributed by atoms with Crippen LogP contribution in [-0.2, 0) is 16.1 Å². The molecule has 0 aromatic carbocycles. The minimum Gasteiger partial charge on any atom is -0.368 e. The number of hydrogen-bond acceptors (Lipinski definition) is 5. The van der Waals surface area contributed by atoms with E-state index in [1.807, 2.05) is 29.6 Å². The summed E-state index contributed by atoms with van der Waals surface area (Å²) in [5.74, 6) is 0.0181. The summed E-state index contributed by atoms with van der Waals surface area (Å²) in [5, 5.41) is 8.55. The predicted molar refractivity (Wildman–Crippen MR) is 92.3 cm³/mol. The molecule has 8 heteroatoms. The molecule has 3 rings (SSSR count). The maximum atomic E-state index is 12.1. The molecule has 1 aromatic heterocycles. The molecule has 2 saturated heterocycles. The van der Waals surface area contributed by atoms with E-state index in [2.05, 4.69) is 15.2 Å². The first-order valence-corrected chi connectivity index (χ1v) is 9.18. The van der Waals surface area contributed by atoms with Crippen LogP contribution in [-0.4, -0.2) is 62.3 Å². The van der Waals surface area contributed by atoms with Gasteiger partial charge in [-0.05, 0) is 32.2 Å². The van der Waals surface area contributed by atoms with Crippen molar-refractivity contribution in [1.82, 2.24) is 24.8 Å². The maximum Gasteiger partial charge on any atom is 0.234 e. The first-order chi connectivity index (χ1) is 12.0. The largest absolute Gasteiger partial charge is 0.368 e. The fourth-order valence-electron chi connectivity index (χ4n) is 3.83. The molecule has 0 saturated carbocycles. The van der Waals surface area contributed by atoms with Crippen molar-refractivity contribution < 1.29 is 9.59 Å². The molecule has 0 unspecified atom stereocenters. The van der Waals surface area contributed by atoms with Gasteiger partial charge in [0.05, 0.1) is 24.0 Å². The lowest BCUT2D eigenvalue weighted by atomic mass is 10.0. The van der Waals surface area contributed by atoms with Crippen LogP contribution in [0.5, 0.6) is 0 Å². The number of amides is 2. The lowest BCUT2D eigenvalue weighted by Crippen LogP contribution is -2.41. The Morgan fingerprint density at radius 2 is 1.96 bits per heavy atom. The average molecular weight is 348 g/mol. The van der Waals surface area contributed by atoms with Gasteiger partial charge in [-0.25, -0.2) is 4.68 Å². The van der Waals surface area contributed by atoms with Crippen molar-refractivity contribution >= 4 is 11.8 Å². The van der Waals surface area contributed by atoms with Gasteiger partial charge < -0.3 is 10.6 Å². The van der Waals surface area contributed by atoms with E-state index in [0.29, 0.717) is 6.54 Å². The van der Waals surface area contributed by atoms with Crippen molar-refractivity contribution in [3.05, 3.63) is 11.9 Å². The summed E-state index contributed by atoms with van der Waals surface area (Å²) < 4.78 is 1.92. The van der Waals surface area contributed by atoms with Gasteiger partial charge >= 0.3 is 0 Å². The summed E-state index contributed by atoms with van der Waals surface area (Å²) >= 11 is 0. The van der Waals surface area contributed by atoms with Gasteiger partial charge in [0.25, 0.3) is 0 Å².